The maximum atomic E-state index is 10.2. The normalized spacial score (nSPS) is 39.5. The monoisotopic (exact) mass is 245 g/mol. The second kappa shape index (κ2) is 5.71. The Bertz CT molecular complexity index is 371. The van der Waals surface area contributed by atoms with Crippen LogP contribution in [0.5, 0.6) is 0 Å². The molecule has 0 amide bonds. The largest absolute Gasteiger partial charge is 0.387 e. The Morgan fingerprint density at radius 3 is 2.56 bits per heavy atom. The summed E-state index contributed by atoms with van der Waals surface area (Å²) < 4.78 is 0. The van der Waals surface area contributed by atoms with Crippen molar-refractivity contribution in [1.29, 1.82) is 5.26 Å². The molecule has 1 fully saturated rings. The van der Waals surface area contributed by atoms with Crippen molar-refractivity contribution in [2.75, 3.05) is 0 Å². The Morgan fingerprint density at radius 2 is 2.00 bits per heavy atom. The standard InChI is InChI=1S/C16H23NO/c1-2-5-13-7-9-14(10-8-13)16(12-17)11-4-3-6-15(16)18/h3-4,6,11,13-15,18H,2,5,7-10H2,1H3/t13-,14-,15?,16?. The number of hydrogen-bond donors (Lipinski definition) is 1. The Labute approximate surface area is 110 Å². The van der Waals surface area contributed by atoms with E-state index >= 15 is 0 Å². The minimum atomic E-state index is -0.675. The van der Waals surface area contributed by atoms with E-state index in [0.29, 0.717) is 5.92 Å². The van der Waals surface area contributed by atoms with Crippen molar-refractivity contribution in [3.8, 4) is 6.07 Å². The second-order valence-corrected chi connectivity index (χ2v) is 5.74. The number of hydrogen-bond acceptors (Lipinski definition) is 2. The molecule has 0 aromatic rings. The third-order valence-corrected chi connectivity index (χ3v) is 4.68. The van der Waals surface area contributed by atoms with Crippen LogP contribution >= 0.6 is 0 Å². The zero-order valence-electron chi connectivity index (χ0n) is 11.2. The molecule has 0 aromatic heterocycles. The number of aliphatic hydroxyl groups excluding tert-OH is 1. The number of rotatable bonds is 3. The molecule has 2 rings (SSSR count). The summed E-state index contributed by atoms with van der Waals surface area (Å²) in [5.74, 6) is 1.15. The van der Waals surface area contributed by atoms with Crippen LogP contribution in [0.4, 0.5) is 0 Å². The molecule has 2 nitrogen and oxygen atoms in total. The van der Waals surface area contributed by atoms with Crippen LogP contribution in [0.2, 0.25) is 0 Å². The quantitative estimate of drug-likeness (QED) is 0.825. The predicted octanol–water partition coefficient (Wildman–Crippen LogP) is 3.59. The van der Waals surface area contributed by atoms with E-state index in [4.69, 9.17) is 0 Å². The van der Waals surface area contributed by atoms with Gasteiger partial charge in [0.1, 0.15) is 5.41 Å². The fraction of sp³-hybridized carbons (Fsp3) is 0.688. The van der Waals surface area contributed by atoms with Crippen molar-refractivity contribution >= 4 is 0 Å². The van der Waals surface area contributed by atoms with Gasteiger partial charge in [0.05, 0.1) is 12.2 Å². The molecule has 2 aliphatic rings. The van der Waals surface area contributed by atoms with E-state index in [1.165, 1.54) is 25.7 Å². The molecule has 0 saturated heterocycles. The number of aliphatic hydroxyl groups is 1. The highest BCUT2D eigenvalue weighted by Crippen LogP contribution is 2.45. The molecule has 0 aromatic carbocycles. The highest BCUT2D eigenvalue weighted by Gasteiger charge is 2.44. The van der Waals surface area contributed by atoms with Gasteiger partial charge in [0.15, 0.2) is 0 Å². The van der Waals surface area contributed by atoms with Gasteiger partial charge in [-0.15, -0.1) is 0 Å². The maximum Gasteiger partial charge on any atom is 0.108 e. The first-order valence-corrected chi connectivity index (χ1v) is 7.18. The lowest BCUT2D eigenvalue weighted by Gasteiger charge is -2.40. The lowest BCUT2D eigenvalue weighted by atomic mass is 9.63. The van der Waals surface area contributed by atoms with Gasteiger partial charge < -0.3 is 5.11 Å². The van der Waals surface area contributed by atoms with Crippen molar-refractivity contribution in [3.05, 3.63) is 24.3 Å². The summed E-state index contributed by atoms with van der Waals surface area (Å²) in [6.07, 6.45) is 13.9. The number of nitrogens with zero attached hydrogens (tertiary/aromatic N) is 1. The molecule has 0 spiro atoms. The van der Waals surface area contributed by atoms with Crippen molar-refractivity contribution in [2.24, 2.45) is 17.3 Å². The summed E-state index contributed by atoms with van der Waals surface area (Å²) >= 11 is 0. The second-order valence-electron chi connectivity index (χ2n) is 5.74. The molecule has 0 heterocycles. The van der Waals surface area contributed by atoms with Crippen LogP contribution in [0.3, 0.4) is 0 Å². The highest BCUT2D eigenvalue weighted by molar-refractivity contribution is 5.29. The Morgan fingerprint density at radius 1 is 1.28 bits per heavy atom. The van der Waals surface area contributed by atoms with Gasteiger partial charge in [0.25, 0.3) is 0 Å². The van der Waals surface area contributed by atoms with Crippen LogP contribution in [0.15, 0.2) is 24.3 Å². The molecule has 2 heteroatoms. The van der Waals surface area contributed by atoms with Gasteiger partial charge in [-0.1, -0.05) is 56.9 Å². The SMILES string of the molecule is CCC[C@H]1CC[C@H](C2(C#N)C=CC=CC2O)CC1. The Kier molecular flexibility index (Phi) is 4.24. The fourth-order valence-corrected chi connectivity index (χ4v) is 3.55. The summed E-state index contributed by atoms with van der Waals surface area (Å²) in [6.45, 7) is 2.24. The van der Waals surface area contributed by atoms with Gasteiger partial charge in [0, 0.05) is 0 Å². The molecule has 2 aliphatic carbocycles. The zero-order valence-corrected chi connectivity index (χ0v) is 11.2. The minimum Gasteiger partial charge on any atom is -0.387 e. The van der Waals surface area contributed by atoms with Gasteiger partial charge in [-0.3, -0.25) is 0 Å². The average Bonchev–Trinajstić information content (AvgIpc) is 2.41. The van der Waals surface area contributed by atoms with E-state index < -0.39 is 11.5 Å². The van der Waals surface area contributed by atoms with Gasteiger partial charge in [-0.25, -0.2) is 0 Å². The van der Waals surface area contributed by atoms with Crippen LogP contribution in [-0.4, -0.2) is 11.2 Å². The van der Waals surface area contributed by atoms with E-state index in [0.717, 1.165) is 18.8 Å². The molecule has 0 bridgehead atoms. The molecule has 98 valence electrons. The molecule has 0 aliphatic heterocycles. The van der Waals surface area contributed by atoms with E-state index in [1.807, 2.05) is 18.2 Å². The topological polar surface area (TPSA) is 44.0 Å². The number of nitriles is 1. The van der Waals surface area contributed by atoms with Crippen molar-refractivity contribution in [1.82, 2.24) is 0 Å². The first-order valence-electron chi connectivity index (χ1n) is 7.18. The maximum absolute atomic E-state index is 10.2. The van der Waals surface area contributed by atoms with Gasteiger partial charge in [-0.05, 0) is 24.7 Å². The summed E-state index contributed by atoms with van der Waals surface area (Å²) in [5.41, 5.74) is -0.675. The summed E-state index contributed by atoms with van der Waals surface area (Å²) in [4.78, 5) is 0. The van der Waals surface area contributed by atoms with Crippen molar-refractivity contribution in [2.45, 2.75) is 51.6 Å². The zero-order chi connectivity index (χ0) is 13.0. The van der Waals surface area contributed by atoms with Gasteiger partial charge >= 0.3 is 0 Å². The highest BCUT2D eigenvalue weighted by atomic mass is 16.3. The first kappa shape index (κ1) is 13.4. The van der Waals surface area contributed by atoms with Crippen LogP contribution in [0, 0.1) is 28.6 Å². The first-order chi connectivity index (χ1) is 8.73. The fourth-order valence-electron chi connectivity index (χ4n) is 3.55. The van der Waals surface area contributed by atoms with E-state index in [-0.39, 0.29) is 0 Å². The molecule has 0 radical (unpaired) electrons. The van der Waals surface area contributed by atoms with Gasteiger partial charge in [-0.2, -0.15) is 5.26 Å². The smallest absolute Gasteiger partial charge is 0.108 e. The van der Waals surface area contributed by atoms with E-state index in [9.17, 15) is 10.4 Å². The number of allylic oxidation sites excluding steroid dienone is 2. The molecule has 2 unspecified atom stereocenters. The molecular weight excluding hydrogens is 222 g/mol. The molecule has 2 atom stereocenters. The third-order valence-electron chi connectivity index (χ3n) is 4.68. The lowest BCUT2D eigenvalue weighted by molar-refractivity contribution is 0.0632. The Hall–Kier alpha value is -1.07. The van der Waals surface area contributed by atoms with Gasteiger partial charge in [0.2, 0.25) is 0 Å². The van der Waals surface area contributed by atoms with Crippen LogP contribution < -0.4 is 0 Å². The minimum absolute atomic E-state index is 0.312. The van der Waals surface area contributed by atoms with Crippen molar-refractivity contribution in [3.63, 3.8) is 0 Å². The molecule has 1 saturated carbocycles. The average molecular weight is 245 g/mol. The summed E-state index contributed by atoms with van der Waals surface area (Å²) in [7, 11) is 0. The molecular formula is C16H23NO. The van der Waals surface area contributed by atoms with Crippen LogP contribution in [-0.2, 0) is 0 Å². The van der Waals surface area contributed by atoms with E-state index in [2.05, 4.69) is 13.0 Å². The molecule has 1 N–H and O–H groups in total. The third kappa shape index (κ3) is 2.37. The summed E-state index contributed by atoms with van der Waals surface area (Å²) in [5, 5.41) is 19.7. The molecule has 18 heavy (non-hydrogen) atoms. The van der Waals surface area contributed by atoms with Crippen molar-refractivity contribution < 1.29 is 5.11 Å². The lowest BCUT2D eigenvalue weighted by Crippen LogP contribution is -2.41. The Balaban J connectivity index is 2.05. The predicted molar refractivity (Wildman–Crippen MR) is 72.7 cm³/mol. The van der Waals surface area contributed by atoms with Crippen LogP contribution in [0.25, 0.3) is 0 Å². The van der Waals surface area contributed by atoms with E-state index in [1.54, 1.807) is 6.08 Å². The van der Waals surface area contributed by atoms with Crippen LogP contribution in [0.1, 0.15) is 45.4 Å². The summed E-state index contributed by atoms with van der Waals surface area (Å²) in [6, 6.07) is 2.40.